The van der Waals surface area contributed by atoms with Crippen molar-refractivity contribution >= 4 is 45.5 Å². The lowest BCUT2D eigenvalue weighted by Crippen LogP contribution is -2.31. The number of aliphatic hydroxyl groups excluding tert-OH is 1. The van der Waals surface area contributed by atoms with Gasteiger partial charge in [0.25, 0.3) is 5.91 Å². The summed E-state index contributed by atoms with van der Waals surface area (Å²) in [5.41, 5.74) is 0.0850. The van der Waals surface area contributed by atoms with Crippen molar-refractivity contribution in [2.24, 2.45) is 0 Å². The van der Waals surface area contributed by atoms with Gasteiger partial charge in [0.15, 0.2) is 10.9 Å². The first-order valence-electron chi connectivity index (χ1n) is 9.00. The highest BCUT2D eigenvalue weighted by Crippen LogP contribution is 2.44. The number of carbonyl (C=O) groups is 3. The summed E-state index contributed by atoms with van der Waals surface area (Å²) in [6.45, 7) is 1.57. The number of halogens is 1. The Kier molecular flexibility index (Phi) is 5.42. The van der Waals surface area contributed by atoms with Crippen molar-refractivity contribution in [3.8, 4) is 0 Å². The maximum absolute atomic E-state index is 14.8. The van der Waals surface area contributed by atoms with Gasteiger partial charge in [-0.05, 0) is 24.4 Å². The Balaban J connectivity index is 1.90. The van der Waals surface area contributed by atoms with Gasteiger partial charge in [0.1, 0.15) is 16.7 Å². The molecule has 0 unspecified atom stereocenters. The number of thiophene rings is 1. The fourth-order valence-corrected chi connectivity index (χ4v) is 5.02. The van der Waals surface area contributed by atoms with Crippen LogP contribution in [0.25, 0.3) is 0 Å². The number of esters is 1. The number of ketones is 1. The number of aryl methyl sites for hydroxylation is 1. The number of amides is 1. The van der Waals surface area contributed by atoms with Gasteiger partial charge in [0, 0.05) is 5.56 Å². The molecule has 1 aliphatic heterocycles. The molecule has 1 atom stereocenters. The summed E-state index contributed by atoms with van der Waals surface area (Å²) in [4.78, 5) is 44.0. The van der Waals surface area contributed by atoms with E-state index in [0.717, 1.165) is 27.6 Å². The van der Waals surface area contributed by atoms with Gasteiger partial charge in [-0.15, -0.1) is 11.3 Å². The monoisotopic (exact) mass is 458 g/mol. The second-order valence-electron chi connectivity index (χ2n) is 6.57. The van der Waals surface area contributed by atoms with Crippen LogP contribution in [0.4, 0.5) is 9.52 Å². The van der Waals surface area contributed by atoms with Crippen molar-refractivity contribution in [3.05, 3.63) is 79.9 Å². The first-order valence-corrected chi connectivity index (χ1v) is 10.7. The average molecular weight is 458 g/mol. The standard InChI is InChI=1S/C21H15FN2O5S2/c1-10-18(20(28)29-2)31-21(23-10)24-15(11-6-3-4-7-12(11)22)14(17(26)19(24)27)16(25)13-8-5-9-30-13/h3-9,15,26H,1-2H3/t15-/m1/s1. The van der Waals surface area contributed by atoms with E-state index in [1.54, 1.807) is 30.5 Å². The zero-order valence-electron chi connectivity index (χ0n) is 16.3. The normalized spacial score (nSPS) is 16.2. The molecule has 0 fully saturated rings. The molecule has 1 amide bonds. The maximum Gasteiger partial charge on any atom is 0.350 e. The molecule has 1 aromatic carbocycles. The van der Waals surface area contributed by atoms with Crippen molar-refractivity contribution in [2.45, 2.75) is 13.0 Å². The van der Waals surface area contributed by atoms with E-state index in [4.69, 9.17) is 4.74 Å². The van der Waals surface area contributed by atoms with Crippen molar-refractivity contribution in [3.63, 3.8) is 0 Å². The lowest BCUT2D eigenvalue weighted by atomic mass is 9.95. The predicted octanol–water partition coefficient (Wildman–Crippen LogP) is 4.22. The number of aliphatic hydroxyl groups is 1. The number of thiazole rings is 1. The van der Waals surface area contributed by atoms with E-state index in [0.29, 0.717) is 10.6 Å². The van der Waals surface area contributed by atoms with Gasteiger partial charge in [-0.3, -0.25) is 14.5 Å². The fourth-order valence-electron chi connectivity index (χ4n) is 3.33. The van der Waals surface area contributed by atoms with E-state index in [1.165, 1.54) is 25.3 Å². The highest BCUT2D eigenvalue weighted by molar-refractivity contribution is 7.17. The van der Waals surface area contributed by atoms with Crippen molar-refractivity contribution in [1.82, 2.24) is 4.98 Å². The highest BCUT2D eigenvalue weighted by Gasteiger charge is 2.47. The minimum atomic E-state index is -1.25. The molecule has 158 valence electrons. The Bertz CT molecular complexity index is 1230. The molecule has 4 rings (SSSR count). The highest BCUT2D eigenvalue weighted by atomic mass is 32.1. The SMILES string of the molecule is COC(=O)c1sc(N2C(=O)C(O)=C(C(=O)c3cccs3)[C@H]2c2ccccc2F)nc1C. The summed E-state index contributed by atoms with van der Waals surface area (Å²) < 4.78 is 19.5. The topological polar surface area (TPSA) is 96.8 Å². The van der Waals surface area contributed by atoms with Crippen LogP contribution in [-0.4, -0.2) is 34.9 Å². The number of Topliss-reactive ketones (excluding diaryl/α,β-unsaturated/α-hetero) is 1. The van der Waals surface area contributed by atoms with Crippen molar-refractivity contribution in [2.75, 3.05) is 12.0 Å². The van der Waals surface area contributed by atoms with Crippen LogP contribution in [0.15, 0.2) is 53.1 Å². The van der Waals surface area contributed by atoms with Gasteiger partial charge in [-0.25, -0.2) is 14.2 Å². The minimum Gasteiger partial charge on any atom is -0.503 e. The zero-order chi connectivity index (χ0) is 22.3. The molecule has 3 heterocycles. The molecule has 7 nitrogen and oxygen atoms in total. The van der Waals surface area contributed by atoms with Crippen LogP contribution in [-0.2, 0) is 9.53 Å². The van der Waals surface area contributed by atoms with Gasteiger partial charge < -0.3 is 9.84 Å². The van der Waals surface area contributed by atoms with E-state index in [9.17, 15) is 23.9 Å². The van der Waals surface area contributed by atoms with Gasteiger partial charge in [0.2, 0.25) is 5.78 Å². The zero-order valence-corrected chi connectivity index (χ0v) is 17.9. The molecule has 0 aliphatic carbocycles. The molecule has 0 saturated carbocycles. The summed E-state index contributed by atoms with van der Waals surface area (Å²) in [7, 11) is 1.22. The summed E-state index contributed by atoms with van der Waals surface area (Å²) in [5.74, 6) is -3.56. The molecule has 0 saturated heterocycles. The number of nitrogens with zero attached hydrogens (tertiary/aromatic N) is 2. The molecule has 10 heteroatoms. The summed E-state index contributed by atoms with van der Waals surface area (Å²) in [6, 6.07) is 7.65. The lowest BCUT2D eigenvalue weighted by molar-refractivity contribution is -0.117. The lowest BCUT2D eigenvalue weighted by Gasteiger charge is -2.24. The summed E-state index contributed by atoms with van der Waals surface area (Å²) in [6.07, 6.45) is 0. The predicted molar refractivity (Wildman–Crippen MR) is 113 cm³/mol. The molecule has 3 aromatic rings. The van der Waals surface area contributed by atoms with Crippen molar-refractivity contribution in [1.29, 1.82) is 0 Å². The number of methoxy groups -OCH3 is 1. The number of ether oxygens (including phenoxy) is 1. The third kappa shape index (κ3) is 3.43. The molecule has 2 aromatic heterocycles. The molecule has 0 radical (unpaired) electrons. The number of aromatic nitrogens is 1. The van der Waals surface area contributed by atoms with E-state index < -0.39 is 35.3 Å². The molecular formula is C21H15FN2O5S2. The number of anilines is 1. The first-order chi connectivity index (χ1) is 14.8. The number of carbonyl (C=O) groups excluding carboxylic acids is 3. The Morgan fingerprint density at radius 1 is 1.23 bits per heavy atom. The van der Waals surface area contributed by atoms with Crippen LogP contribution >= 0.6 is 22.7 Å². The summed E-state index contributed by atoms with van der Waals surface area (Å²) in [5, 5.41) is 12.4. The molecular weight excluding hydrogens is 443 g/mol. The van der Waals surface area contributed by atoms with E-state index in [-0.39, 0.29) is 21.1 Å². The second-order valence-corrected chi connectivity index (χ2v) is 8.50. The van der Waals surface area contributed by atoms with Crippen LogP contribution in [0.3, 0.4) is 0 Å². The van der Waals surface area contributed by atoms with Crippen LogP contribution in [0, 0.1) is 12.7 Å². The average Bonchev–Trinajstić information content (AvgIpc) is 3.47. The molecule has 0 bridgehead atoms. The minimum absolute atomic E-state index is 0.0206. The third-order valence-corrected chi connectivity index (χ3v) is 6.77. The maximum atomic E-state index is 14.8. The number of benzene rings is 1. The smallest absolute Gasteiger partial charge is 0.350 e. The number of rotatable bonds is 5. The quantitative estimate of drug-likeness (QED) is 0.454. The van der Waals surface area contributed by atoms with Crippen LogP contribution in [0.5, 0.6) is 0 Å². The van der Waals surface area contributed by atoms with Gasteiger partial charge in [-0.2, -0.15) is 0 Å². The van der Waals surface area contributed by atoms with E-state index in [2.05, 4.69) is 4.98 Å². The van der Waals surface area contributed by atoms with Crippen LogP contribution < -0.4 is 4.90 Å². The molecule has 31 heavy (non-hydrogen) atoms. The Morgan fingerprint density at radius 3 is 2.61 bits per heavy atom. The second kappa shape index (κ2) is 8.05. The summed E-state index contributed by atoms with van der Waals surface area (Å²) >= 11 is 2.00. The van der Waals surface area contributed by atoms with Crippen LogP contribution in [0.1, 0.15) is 36.6 Å². The van der Waals surface area contributed by atoms with Crippen molar-refractivity contribution < 1.29 is 28.6 Å². The van der Waals surface area contributed by atoms with Gasteiger partial charge in [-0.1, -0.05) is 35.6 Å². The molecule has 0 spiro atoms. The van der Waals surface area contributed by atoms with Crippen LogP contribution in [0.2, 0.25) is 0 Å². The van der Waals surface area contributed by atoms with E-state index in [1.807, 2.05) is 0 Å². The Labute approximate surface area is 184 Å². The number of hydrogen-bond donors (Lipinski definition) is 1. The Morgan fingerprint density at radius 2 is 1.97 bits per heavy atom. The van der Waals surface area contributed by atoms with E-state index >= 15 is 0 Å². The molecule has 1 N–H and O–H groups in total. The Hall–Kier alpha value is -3.37. The largest absolute Gasteiger partial charge is 0.503 e. The van der Waals surface area contributed by atoms with Gasteiger partial charge in [0.05, 0.1) is 23.3 Å². The fraction of sp³-hybridized carbons (Fsp3) is 0.143. The van der Waals surface area contributed by atoms with Gasteiger partial charge >= 0.3 is 5.97 Å². The third-order valence-electron chi connectivity index (χ3n) is 4.76. The molecule has 1 aliphatic rings. The first kappa shape index (κ1) is 20.9. The number of hydrogen-bond acceptors (Lipinski definition) is 8.